The molecule has 0 radical (unpaired) electrons. The van der Waals surface area contributed by atoms with Gasteiger partial charge in [-0.2, -0.15) is 0 Å². The van der Waals surface area contributed by atoms with Crippen molar-refractivity contribution >= 4 is 38.5 Å². The highest BCUT2D eigenvalue weighted by atomic mass is 15.0. The Labute approximate surface area is 330 Å². The fourth-order valence-corrected chi connectivity index (χ4v) is 9.55. The molecule has 0 bridgehead atoms. The maximum absolute atomic E-state index is 2.47. The van der Waals surface area contributed by atoms with Crippen LogP contribution in [0.25, 0.3) is 83.0 Å². The molecule has 0 amide bonds. The molecule has 0 saturated carbocycles. The molecule has 1 aliphatic carbocycles. The summed E-state index contributed by atoms with van der Waals surface area (Å²) in [4.78, 5) is 0. The summed E-state index contributed by atoms with van der Waals surface area (Å²) < 4.78 is 2.47. The molecule has 1 heterocycles. The minimum absolute atomic E-state index is 0.341. The van der Waals surface area contributed by atoms with E-state index in [4.69, 9.17) is 0 Å². The normalized spacial score (nSPS) is 15.1. The van der Waals surface area contributed by atoms with Crippen LogP contribution in [0, 0.1) is 13.8 Å². The van der Waals surface area contributed by atoms with Gasteiger partial charge in [-0.3, -0.25) is 0 Å². The molecule has 0 spiro atoms. The number of aromatic nitrogens is 1. The Hall–Kier alpha value is -6.44. The highest BCUT2D eigenvalue weighted by molar-refractivity contribution is 6.21. The van der Waals surface area contributed by atoms with Crippen molar-refractivity contribution in [3.8, 4) is 44.5 Å². The zero-order valence-corrected chi connectivity index (χ0v) is 32.6. The van der Waals surface area contributed by atoms with Crippen molar-refractivity contribution in [1.82, 2.24) is 4.57 Å². The van der Waals surface area contributed by atoms with Crippen LogP contribution in [0.2, 0.25) is 0 Å². The van der Waals surface area contributed by atoms with Crippen LogP contribution in [-0.4, -0.2) is 4.57 Å². The predicted octanol–water partition coefficient (Wildman–Crippen LogP) is 15.2. The second-order valence-corrected chi connectivity index (χ2v) is 15.7. The zero-order valence-electron chi connectivity index (χ0n) is 32.6. The van der Waals surface area contributed by atoms with Gasteiger partial charge in [0.1, 0.15) is 0 Å². The maximum Gasteiger partial charge on any atom is 0.0487 e. The van der Waals surface area contributed by atoms with E-state index < -0.39 is 0 Å². The number of hydrogen-bond donors (Lipinski definition) is 0. The molecular formula is C55H45N. The van der Waals surface area contributed by atoms with Gasteiger partial charge in [-0.05, 0) is 116 Å². The number of fused-ring (bicyclic) bond motifs is 5. The first kappa shape index (κ1) is 34.1. The number of benzene rings is 8. The van der Waals surface area contributed by atoms with Crippen molar-refractivity contribution in [3.63, 3.8) is 0 Å². The molecule has 1 aromatic heterocycles. The Morgan fingerprint density at radius 2 is 0.946 bits per heavy atom. The largest absolute Gasteiger partial charge is 0.341 e. The first-order valence-corrected chi connectivity index (χ1v) is 20.1. The predicted molar refractivity (Wildman–Crippen MR) is 240 cm³/mol. The van der Waals surface area contributed by atoms with Gasteiger partial charge in [0.2, 0.25) is 0 Å². The van der Waals surface area contributed by atoms with Crippen LogP contribution in [0.15, 0.2) is 170 Å². The maximum atomic E-state index is 2.47. The van der Waals surface area contributed by atoms with Crippen molar-refractivity contribution in [2.24, 2.45) is 0 Å². The second-order valence-electron chi connectivity index (χ2n) is 15.7. The third kappa shape index (κ3) is 5.61. The van der Waals surface area contributed by atoms with Gasteiger partial charge in [-0.15, -0.1) is 0 Å². The molecule has 8 aromatic carbocycles. The topological polar surface area (TPSA) is 4.93 Å². The van der Waals surface area contributed by atoms with Crippen LogP contribution < -0.4 is 0 Å². The molecule has 10 rings (SSSR count). The highest BCUT2D eigenvalue weighted by Crippen LogP contribution is 2.47. The Bertz CT molecular complexity index is 2940. The van der Waals surface area contributed by atoms with Crippen LogP contribution >= 0.6 is 0 Å². The Kier molecular flexibility index (Phi) is 8.33. The number of nitrogens with zero attached hydrogens (tertiary/aromatic N) is 1. The van der Waals surface area contributed by atoms with E-state index >= 15 is 0 Å². The van der Waals surface area contributed by atoms with Crippen molar-refractivity contribution in [2.75, 3.05) is 0 Å². The van der Waals surface area contributed by atoms with Gasteiger partial charge < -0.3 is 4.57 Å². The standard InChI is InChI=1S/C55H45N/c1-5-56-51-14-10-9-13-48(51)53-37(4)45(31-32-52(53)56)42-23-17-40(18-24-42)41-21-27-44(28-22-41)55-47-30-16-35(2)33-49(47)54(46-29-15-36(3)34-50(46)55)43-25-19-39(20-26-43)38-11-7-6-8-12-38/h6-34,37,45H,5H2,1-4H3. The molecule has 0 fully saturated rings. The first-order chi connectivity index (χ1) is 27.5. The lowest BCUT2D eigenvalue weighted by Crippen LogP contribution is -2.12. The second kappa shape index (κ2) is 13.7. The summed E-state index contributed by atoms with van der Waals surface area (Å²) in [6, 6.07) is 61.2. The van der Waals surface area contributed by atoms with E-state index in [0.717, 1.165) is 6.54 Å². The molecule has 2 atom stereocenters. The van der Waals surface area contributed by atoms with Crippen molar-refractivity contribution < 1.29 is 0 Å². The molecule has 2 unspecified atom stereocenters. The number of hydrogen-bond acceptors (Lipinski definition) is 0. The smallest absolute Gasteiger partial charge is 0.0487 e. The summed E-state index contributed by atoms with van der Waals surface area (Å²) in [6.07, 6.45) is 4.78. The molecule has 0 N–H and O–H groups in total. The van der Waals surface area contributed by atoms with Gasteiger partial charge in [-0.1, -0.05) is 182 Å². The van der Waals surface area contributed by atoms with Gasteiger partial charge in [-0.25, -0.2) is 0 Å². The van der Waals surface area contributed by atoms with Crippen molar-refractivity contribution in [2.45, 2.75) is 46.1 Å². The molecule has 1 aliphatic rings. The Balaban J connectivity index is 1.01. The van der Waals surface area contributed by atoms with E-state index in [2.05, 4.69) is 208 Å². The van der Waals surface area contributed by atoms with Gasteiger partial charge in [0, 0.05) is 29.1 Å². The van der Waals surface area contributed by atoms with E-state index in [1.807, 2.05) is 0 Å². The van der Waals surface area contributed by atoms with Gasteiger partial charge in [0.15, 0.2) is 0 Å². The SMILES string of the molecule is CCn1c2c(c3ccccc31)C(C)C(c1ccc(-c3ccc(-c4c5ccc(C)cc5c(-c5ccc(-c6ccccc6)cc5)c5ccc(C)cc45)cc3)cc1)C=C2. The molecule has 270 valence electrons. The van der Waals surface area contributed by atoms with Crippen LogP contribution in [0.4, 0.5) is 0 Å². The summed E-state index contributed by atoms with van der Waals surface area (Å²) in [5, 5.41) is 6.54. The molecule has 1 nitrogen and oxygen atoms in total. The fourth-order valence-electron chi connectivity index (χ4n) is 9.55. The quantitative estimate of drug-likeness (QED) is 0.151. The molecule has 56 heavy (non-hydrogen) atoms. The molecule has 9 aromatic rings. The highest BCUT2D eigenvalue weighted by Gasteiger charge is 2.29. The molecule has 1 heteroatoms. The first-order valence-electron chi connectivity index (χ1n) is 20.1. The average molecular weight is 720 g/mol. The van der Waals surface area contributed by atoms with Crippen molar-refractivity contribution in [1.29, 1.82) is 0 Å². The Morgan fingerprint density at radius 1 is 0.464 bits per heavy atom. The van der Waals surface area contributed by atoms with Crippen molar-refractivity contribution in [3.05, 3.63) is 198 Å². The number of para-hydroxylation sites is 1. The van der Waals surface area contributed by atoms with E-state index in [1.165, 1.54) is 105 Å². The summed E-state index contributed by atoms with van der Waals surface area (Å²) in [7, 11) is 0. The molecule has 0 saturated heterocycles. The average Bonchev–Trinajstić information content (AvgIpc) is 3.58. The number of allylic oxidation sites excluding steroid dienone is 1. The summed E-state index contributed by atoms with van der Waals surface area (Å²) >= 11 is 0. The van der Waals surface area contributed by atoms with E-state index in [1.54, 1.807) is 0 Å². The summed E-state index contributed by atoms with van der Waals surface area (Å²) in [5.41, 5.74) is 18.1. The lowest BCUT2D eigenvalue weighted by Gasteiger charge is -2.26. The third-order valence-electron chi connectivity index (χ3n) is 12.3. The molecular weight excluding hydrogens is 675 g/mol. The van der Waals surface area contributed by atoms with Crippen LogP contribution in [0.1, 0.15) is 53.6 Å². The minimum atomic E-state index is 0.341. The van der Waals surface area contributed by atoms with Crippen LogP contribution in [0.3, 0.4) is 0 Å². The lowest BCUT2D eigenvalue weighted by molar-refractivity contribution is 0.662. The minimum Gasteiger partial charge on any atom is -0.341 e. The van der Waals surface area contributed by atoms with Gasteiger partial charge >= 0.3 is 0 Å². The fraction of sp³-hybridized carbons (Fsp3) is 0.127. The van der Waals surface area contributed by atoms with Gasteiger partial charge in [0.05, 0.1) is 0 Å². The monoisotopic (exact) mass is 719 g/mol. The zero-order chi connectivity index (χ0) is 37.9. The third-order valence-corrected chi connectivity index (χ3v) is 12.3. The Morgan fingerprint density at radius 3 is 1.50 bits per heavy atom. The number of aryl methyl sites for hydroxylation is 3. The van der Waals surface area contributed by atoms with E-state index in [0.29, 0.717) is 11.8 Å². The van der Waals surface area contributed by atoms with Crippen LogP contribution in [0.5, 0.6) is 0 Å². The lowest BCUT2D eigenvalue weighted by atomic mass is 9.78. The number of rotatable bonds is 6. The van der Waals surface area contributed by atoms with Gasteiger partial charge in [0.25, 0.3) is 0 Å². The molecule has 0 aliphatic heterocycles. The van der Waals surface area contributed by atoms with E-state index in [-0.39, 0.29) is 0 Å². The van der Waals surface area contributed by atoms with E-state index in [9.17, 15) is 0 Å². The summed E-state index contributed by atoms with van der Waals surface area (Å²) in [5.74, 6) is 0.739. The summed E-state index contributed by atoms with van der Waals surface area (Å²) in [6.45, 7) is 10.0. The van der Waals surface area contributed by atoms with Crippen LogP contribution in [-0.2, 0) is 6.54 Å².